The van der Waals surface area contributed by atoms with Crippen molar-refractivity contribution in [2.24, 2.45) is 0 Å². The molecule has 4 N–H and O–H groups in total. The number of hydrogen-bond acceptors (Lipinski definition) is 15. The Hall–Kier alpha value is -2.40. The molecule has 0 rings (SSSR count). The number of rotatable bonds is 56. The van der Waals surface area contributed by atoms with E-state index in [0.29, 0.717) is 39.0 Å². The number of ether oxygens (including phenoxy) is 4. The minimum atomic E-state index is -1.45. The van der Waals surface area contributed by atoms with Gasteiger partial charge in [-0.3, -0.25) is 9.80 Å². The lowest BCUT2D eigenvalue weighted by Gasteiger charge is -2.28. The molecule has 4 atom stereocenters. The number of carbonyl (C=O) groups is 4. The van der Waals surface area contributed by atoms with Crippen LogP contribution in [-0.2, 0) is 38.1 Å². The third-order valence-corrected chi connectivity index (χ3v) is 13.8. The zero-order valence-electron chi connectivity index (χ0n) is 48.2. The summed E-state index contributed by atoms with van der Waals surface area (Å²) < 4.78 is 21.7. The lowest BCUT2D eigenvalue weighted by atomic mass is 10.1. The van der Waals surface area contributed by atoms with E-state index < -0.39 is 48.3 Å². The summed E-state index contributed by atoms with van der Waals surface area (Å²) in [6.07, 6.45) is 30.6. The number of hydrogen-bond donors (Lipinski definition) is 4. The average molecular weight is 1060 g/mol. The van der Waals surface area contributed by atoms with E-state index in [-0.39, 0.29) is 52.6 Å². The number of esters is 4. The highest BCUT2D eigenvalue weighted by Crippen LogP contribution is 2.13. The predicted octanol–water partition coefficient (Wildman–Crippen LogP) is 10.5. The van der Waals surface area contributed by atoms with Gasteiger partial charge in [-0.1, -0.05) is 207 Å². The van der Waals surface area contributed by atoms with E-state index in [1.807, 2.05) is 7.05 Å². The fourth-order valence-corrected chi connectivity index (χ4v) is 9.05. The molecule has 0 aliphatic heterocycles. The Bertz CT molecular complexity index is 1120. The quantitative estimate of drug-likeness (QED) is 0.0255. The first-order valence-electron chi connectivity index (χ1n) is 30.4. The van der Waals surface area contributed by atoms with E-state index in [2.05, 4.69) is 32.6 Å². The molecule has 0 heterocycles. The van der Waals surface area contributed by atoms with Crippen LogP contribution in [0, 0.1) is 0 Å². The minimum Gasteiger partial charge on any atom is -0.464 e. The van der Waals surface area contributed by atoms with Crippen molar-refractivity contribution in [3.05, 3.63) is 0 Å². The molecular formula is C59H115N3O12. The monoisotopic (exact) mass is 1060 g/mol. The normalized spacial score (nSPS) is 13.4. The number of aliphatic hydroxyl groups is 4. The Balaban J connectivity index is 5.40. The molecule has 0 fully saturated rings. The zero-order chi connectivity index (χ0) is 54.7. The molecule has 0 aliphatic rings. The molecule has 0 radical (unpaired) electrons. The first-order valence-corrected chi connectivity index (χ1v) is 30.4. The SMILES string of the molecule is CCCCCCCCCCOC(=O)C(O)CN(CCCN(C)CCCN(CC(O)C(=O)OCCCCCCCCCC)CC(O)C(=O)OCCCCCCCCCC)CC(O)C(=O)OCCCCCCCCCC. The van der Waals surface area contributed by atoms with Gasteiger partial charge < -0.3 is 44.3 Å². The van der Waals surface area contributed by atoms with Crippen molar-refractivity contribution < 1.29 is 58.6 Å². The molecule has 4 unspecified atom stereocenters. The van der Waals surface area contributed by atoms with Gasteiger partial charge >= 0.3 is 23.9 Å². The van der Waals surface area contributed by atoms with Crippen LogP contribution >= 0.6 is 0 Å². The summed E-state index contributed by atoms with van der Waals surface area (Å²) in [5.74, 6) is -2.91. The summed E-state index contributed by atoms with van der Waals surface area (Å²) >= 11 is 0. The van der Waals surface area contributed by atoms with Gasteiger partial charge in [0.25, 0.3) is 0 Å². The first kappa shape index (κ1) is 71.6. The van der Waals surface area contributed by atoms with Gasteiger partial charge in [0.05, 0.1) is 26.4 Å². The van der Waals surface area contributed by atoms with Crippen molar-refractivity contribution in [1.82, 2.24) is 14.7 Å². The van der Waals surface area contributed by atoms with Crippen LogP contribution in [0.25, 0.3) is 0 Å². The van der Waals surface area contributed by atoms with E-state index >= 15 is 0 Å². The van der Waals surface area contributed by atoms with Crippen LogP contribution in [0.15, 0.2) is 0 Å². The van der Waals surface area contributed by atoms with Crippen molar-refractivity contribution in [1.29, 1.82) is 0 Å². The predicted molar refractivity (Wildman–Crippen MR) is 298 cm³/mol. The summed E-state index contributed by atoms with van der Waals surface area (Å²) in [5, 5.41) is 43.6. The van der Waals surface area contributed by atoms with Crippen LogP contribution in [0.1, 0.15) is 246 Å². The van der Waals surface area contributed by atoms with Crippen molar-refractivity contribution >= 4 is 23.9 Å². The van der Waals surface area contributed by atoms with Crippen LogP contribution in [0.3, 0.4) is 0 Å². The molecular weight excluding hydrogens is 943 g/mol. The van der Waals surface area contributed by atoms with Crippen molar-refractivity contribution in [3.63, 3.8) is 0 Å². The highest BCUT2D eigenvalue weighted by Gasteiger charge is 2.27. The Morgan fingerprint density at radius 3 is 0.689 bits per heavy atom. The van der Waals surface area contributed by atoms with Gasteiger partial charge in [-0.2, -0.15) is 0 Å². The van der Waals surface area contributed by atoms with Crippen molar-refractivity contribution in [2.75, 3.05) is 85.8 Å². The largest absolute Gasteiger partial charge is 0.464 e. The number of unbranched alkanes of at least 4 members (excludes halogenated alkanes) is 28. The smallest absolute Gasteiger partial charge is 0.336 e. The van der Waals surface area contributed by atoms with Crippen LogP contribution < -0.4 is 0 Å². The minimum absolute atomic E-state index is 0.120. The van der Waals surface area contributed by atoms with Crippen LogP contribution in [0.2, 0.25) is 0 Å². The number of carbonyl (C=O) groups excluding carboxylic acids is 4. The maximum atomic E-state index is 12.9. The topological polar surface area (TPSA) is 196 Å². The van der Waals surface area contributed by atoms with E-state index in [0.717, 1.165) is 103 Å². The Morgan fingerprint density at radius 2 is 0.486 bits per heavy atom. The van der Waals surface area contributed by atoms with Gasteiger partial charge in [0, 0.05) is 26.2 Å². The second kappa shape index (κ2) is 52.6. The van der Waals surface area contributed by atoms with Crippen LogP contribution in [0.5, 0.6) is 0 Å². The summed E-state index contributed by atoms with van der Waals surface area (Å²) in [5.41, 5.74) is 0. The third-order valence-electron chi connectivity index (χ3n) is 13.8. The molecule has 0 aromatic carbocycles. The average Bonchev–Trinajstić information content (AvgIpc) is 3.38. The second-order valence-electron chi connectivity index (χ2n) is 21.2. The molecule has 438 valence electrons. The Labute approximate surface area is 451 Å². The Kier molecular flexibility index (Phi) is 50.9. The summed E-state index contributed by atoms with van der Waals surface area (Å²) in [6, 6.07) is 0. The molecule has 0 bridgehead atoms. The molecule has 0 aliphatic carbocycles. The summed E-state index contributed by atoms with van der Waals surface area (Å²) in [6.45, 7) is 11.1. The molecule has 15 heteroatoms. The van der Waals surface area contributed by atoms with Crippen molar-refractivity contribution in [3.8, 4) is 0 Å². The molecule has 0 aromatic rings. The number of aliphatic hydroxyl groups excluding tert-OH is 4. The highest BCUT2D eigenvalue weighted by molar-refractivity contribution is 5.76. The van der Waals surface area contributed by atoms with Gasteiger partial charge in [0.15, 0.2) is 24.4 Å². The highest BCUT2D eigenvalue weighted by atomic mass is 16.6. The summed E-state index contributed by atoms with van der Waals surface area (Å²) in [4.78, 5) is 56.9. The zero-order valence-corrected chi connectivity index (χ0v) is 48.2. The fraction of sp³-hybridized carbons (Fsp3) is 0.932. The van der Waals surface area contributed by atoms with Gasteiger partial charge in [0.1, 0.15) is 0 Å². The van der Waals surface area contributed by atoms with Gasteiger partial charge in [0.2, 0.25) is 0 Å². The molecule has 0 saturated heterocycles. The maximum absolute atomic E-state index is 12.9. The lowest BCUT2D eigenvalue weighted by molar-refractivity contribution is -0.158. The van der Waals surface area contributed by atoms with Crippen molar-refractivity contribution in [2.45, 2.75) is 270 Å². The summed E-state index contributed by atoms with van der Waals surface area (Å²) in [7, 11) is 1.94. The standard InChI is InChI=1S/C59H115N3O12/c1-6-10-14-18-22-26-30-34-44-71-56(67)52(63)48-61(49-53(64)57(68)72-45-35-31-27-23-19-15-11-7-2)42-38-40-60(5)41-39-43-62(50-54(65)58(69)73-46-36-32-28-24-20-16-12-8-3)51-55(66)59(70)74-47-37-33-29-25-21-17-13-9-4/h52-55,63-66H,6-51H2,1-5H3. The second-order valence-corrected chi connectivity index (χ2v) is 21.2. The fourth-order valence-electron chi connectivity index (χ4n) is 9.05. The molecule has 0 spiro atoms. The molecule has 0 amide bonds. The molecule has 74 heavy (non-hydrogen) atoms. The van der Waals surface area contributed by atoms with E-state index in [9.17, 15) is 39.6 Å². The van der Waals surface area contributed by atoms with Crippen LogP contribution in [0.4, 0.5) is 0 Å². The van der Waals surface area contributed by atoms with E-state index in [4.69, 9.17) is 18.9 Å². The molecule has 0 saturated carbocycles. The Morgan fingerprint density at radius 1 is 0.297 bits per heavy atom. The van der Waals surface area contributed by atoms with Crippen LogP contribution in [-0.4, -0.2) is 169 Å². The first-order chi connectivity index (χ1) is 35.9. The van der Waals surface area contributed by atoms with Gasteiger partial charge in [-0.25, -0.2) is 19.2 Å². The van der Waals surface area contributed by atoms with E-state index in [1.165, 1.54) is 103 Å². The third kappa shape index (κ3) is 44.7. The maximum Gasteiger partial charge on any atom is 0.336 e. The number of nitrogens with zero attached hydrogens (tertiary/aromatic N) is 3. The molecule has 15 nitrogen and oxygen atoms in total. The molecule has 0 aromatic heterocycles. The van der Waals surface area contributed by atoms with Gasteiger partial charge in [-0.05, 0) is 71.8 Å². The lowest BCUT2D eigenvalue weighted by Crippen LogP contribution is -2.45. The van der Waals surface area contributed by atoms with Gasteiger partial charge in [-0.15, -0.1) is 0 Å². The van der Waals surface area contributed by atoms with E-state index in [1.54, 1.807) is 9.80 Å².